The molecule has 3 nitrogen and oxygen atoms in total. The predicted molar refractivity (Wildman–Crippen MR) is 73.3 cm³/mol. The fraction of sp³-hybridized carbons (Fsp3) is 0.867. The van der Waals surface area contributed by atoms with Crippen molar-refractivity contribution in [2.75, 3.05) is 0 Å². The Morgan fingerprint density at radius 3 is 2.17 bits per heavy atom. The molecule has 0 unspecified atom stereocenters. The van der Waals surface area contributed by atoms with Gasteiger partial charge in [0.15, 0.2) is 5.78 Å². The van der Waals surface area contributed by atoms with E-state index in [1.807, 2.05) is 20.8 Å². The number of Topliss-reactive ketones (excluding diaryl/α,β-unsaturated/α-hetero) is 1. The molecule has 1 saturated carbocycles. The van der Waals surface area contributed by atoms with Crippen LogP contribution in [-0.2, 0) is 9.59 Å². The molecule has 104 valence electrons. The molecular formula is C15H27NO2. The van der Waals surface area contributed by atoms with Gasteiger partial charge in [0, 0.05) is 6.42 Å². The smallest absolute Gasteiger partial charge is 0.220 e. The topological polar surface area (TPSA) is 46.2 Å². The third-order valence-electron chi connectivity index (χ3n) is 3.78. The lowest BCUT2D eigenvalue weighted by Gasteiger charge is -2.30. The van der Waals surface area contributed by atoms with Crippen LogP contribution in [-0.4, -0.2) is 17.7 Å². The Labute approximate surface area is 111 Å². The second kappa shape index (κ2) is 6.35. The molecule has 0 heterocycles. The zero-order valence-corrected chi connectivity index (χ0v) is 12.2. The van der Waals surface area contributed by atoms with Crippen molar-refractivity contribution in [2.24, 2.45) is 11.3 Å². The van der Waals surface area contributed by atoms with Crippen molar-refractivity contribution in [3.05, 3.63) is 0 Å². The summed E-state index contributed by atoms with van der Waals surface area (Å²) < 4.78 is 0. The average molecular weight is 253 g/mol. The van der Waals surface area contributed by atoms with E-state index >= 15 is 0 Å². The van der Waals surface area contributed by atoms with Crippen molar-refractivity contribution >= 4 is 11.7 Å². The molecule has 1 fully saturated rings. The summed E-state index contributed by atoms with van der Waals surface area (Å²) in [6, 6.07) is -0.367. The van der Waals surface area contributed by atoms with Gasteiger partial charge in [0.25, 0.3) is 0 Å². The van der Waals surface area contributed by atoms with Crippen LogP contribution in [0.3, 0.4) is 0 Å². The Morgan fingerprint density at radius 1 is 1.17 bits per heavy atom. The molecule has 0 aromatic carbocycles. The average Bonchev–Trinajstić information content (AvgIpc) is 2.25. The second-order valence-electron chi connectivity index (χ2n) is 6.69. The van der Waals surface area contributed by atoms with Crippen molar-refractivity contribution < 1.29 is 9.59 Å². The fourth-order valence-electron chi connectivity index (χ4n) is 2.80. The van der Waals surface area contributed by atoms with Gasteiger partial charge in [-0.25, -0.2) is 0 Å². The molecule has 3 heteroatoms. The molecular weight excluding hydrogens is 226 g/mol. The number of hydrogen-bond donors (Lipinski definition) is 1. The van der Waals surface area contributed by atoms with Crippen molar-refractivity contribution in [1.82, 2.24) is 5.32 Å². The van der Waals surface area contributed by atoms with Crippen LogP contribution in [0.4, 0.5) is 0 Å². The molecule has 1 atom stereocenters. The van der Waals surface area contributed by atoms with Gasteiger partial charge < -0.3 is 5.32 Å². The van der Waals surface area contributed by atoms with Crippen LogP contribution >= 0.6 is 0 Å². The zero-order chi connectivity index (χ0) is 13.8. The molecule has 0 bridgehead atoms. The van der Waals surface area contributed by atoms with Crippen molar-refractivity contribution in [3.63, 3.8) is 0 Å². The summed E-state index contributed by atoms with van der Waals surface area (Å²) in [4.78, 5) is 23.6. The zero-order valence-electron chi connectivity index (χ0n) is 12.2. The van der Waals surface area contributed by atoms with Crippen LogP contribution in [0.5, 0.6) is 0 Å². The van der Waals surface area contributed by atoms with Gasteiger partial charge in [-0.15, -0.1) is 0 Å². The molecule has 1 N–H and O–H groups in total. The Morgan fingerprint density at radius 2 is 1.72 bits per heavy atom. The number of hydrogen-bond acceptors (Lipinski definition) is 2. The molecule has 18 heavy (non-hydrogen) atoms. The summed E-state index contributed by atoms with van der Waals surface area (Å²) in [5, 5.41) is 2.92. The van der Waals surface area contributed by atoms with Crippen molar-refractivity contribution in [1.29, 1.82) is 0 Å². The van der Waals surface area contributed by atoms with E-state index < -0.39 is 0 Å². The van der Waals surface area contributed by atoms with Crippen molar-refractivity contribution in [2.45, 2.75) is 72.3 Å². The SMILES string of the molecule is CC(=O)[C@@H](NC(=O)CC1CCCCC1)C(C)(C)C. The molecule has 0 aromatic heterocycles. The van der Waals surface area contributed by atoms with Crippen molar-refractivity contribution in [3.8, 4) is 0 Å². The van der Waals surface area contributed by atoms with E-state index in [9.17, 15) is 9.59 Å². The molecule has 0 aromatic rings. The molecule has 1 rings (SSSR count). The van der Waals surface area contributed by atoms with E-state index in [4.69, 9.17) is 0 Å². The maximum absolute atomic E-state index is 12.0. The first kappa shape index (κ1) is 15.2. The molecule has 0 radical (unpaired) electrons. The van der Waals surface area contributed by atoms with Crippen LogP contribution in [0.1, 0.15) is 66.2 Å². The van der Waals surface area contributed by atoms with Gasteiger partial charge in [0.05, 0.1) is 6.04 Å². The highest BCUT2D eigenvalue weighted by Gasteiger charge is 2.30. The lowest BCUT2D eigenvalue weighted by molar-refractivity contribution is -0.129. The van der Waals surface area contributed by atoms with Crippen LogP contribution in [0.15, 0.2) is 0 Å². The Kier molecular flexibility index (Phi) is 5.36. The number of nitrogens with one attached hydrogen (secondary N) is 1. The van der Waals surface area contributed by atoms with Gasteiger partial charge >= 0.3 is 0 Å². The van der Waals surface area contributed by atoms with Crippen LogP contribution < -0.4 is 5.32 Å². The standard InChI is InChI=1S/C15H27NO2/c1-11(17)14(15(2,3)4)16-13(18)10-12-8-6-5-7-9-12/h12,14H,5-10H2,1-4H3,(H,16,18)/t14-/m1/s1. The highest BCUT2D eigenvalue weighted by molar-refractivity contribution is 5.88. The maximum Gasteiger partial charge on any atom is 0.220 e. The van der Waals surface area contributed by atoms with Crippen LogP contribution in [0.2, 0.25) is 0 Å². The minimum atomic E-state index is -0.367. The first-order chi connectivity index (χ1) is 8.30. The normalized spacial score (nSPS) is 19.3. The quantitative estimate of drug-likeness (QED) is 0.837. The number of amides is 1. The third-order valence-corrected chi connectivity index (χ3v) is 3.78. The van der Waals surface area contributed by atoms with Crippen LogP contribution in [0.25, 0.3) is 0 Å². The monoisotopic (exact) mass is 253 g/mol. The molecule has 1 aliphatic carbocycles. The molecule has 0 spiro atoms. The lowest BCUT2D eigenvalue weighted by atomic mass is 9.83. The van der Waals surface area contributed by atoms with E-state index in [1.54, 1.807) is 6.92 Å². The Balaban J connectivity index is 2.48. The third kappa shape index (κ3) is 4.79. The predicted octanol–water partition coefficient (Wildman–Crippen LogP) is 3.08. The van der Waals surface area contributed by atoms with E-state index in [1.165, 1.54) is 19.3 Å². The number of carbonyl (C=O) groups excluding carboxylic acids is 2. The fourth-order valence-corrected chi connectivity index (χ4v) is 2.80. The maximum atomic E-state index is 12.0. The van der Waals surface area contributed by atoms with E-state index in [2.05, 4.69) is 5.32 Å². The number of carbonyl (C=O) groups is 2. The van der Waals surface area contributed by atoms with Gasteiger partial charge in [-0.2, -0.15) is 0 Å². The van der Waals surface area contributed by atoms with E-state index in [0.29, 0.717) is 12.3 Å². The van der Waals surface area contributed by atoms with E-state index in [-0.39, 0.29) is 23.1 Å². The summed E-state index contributed by atoms with van der Waals surface area (Å²) in [7, 11) is 0. The van der Waals surface area contributed by atoms with Gasteiger partial charge in [-0.3, -0.25) is 9.59 Å². The molecule has 1 amide bonds. The van der Waals surface area contributed by atoms with Gasteiger partial charge in [0.1, 0.15) is 0 Å². The van der Waals surface area contributed by atoms with Crippen LogP contribution in [0, 0.1) is 11.3 Å². The largest absolute Gasteiger partial charge is 0.346 e. The minimum absolute atomic E-state index is 0.0389. The molecule has 1 aliphatic rings. The van der Waals surface area contributed by atoms with Gasteiger partial charge in [-0.05, 0) is 31.1 Å². The Hall–Kier alpha value is -0.860. The molecule has 0 aliphatic heterocycles. The second-order valence-corrected chi connectivity index (χ2v) is 6.69. The molecule has 0 saturated heterocycles. The summed E-state index contributed by atoms with van der Waals surface area (Å²) in [6.07, 6.45) is 6.69. The summed E-state index contributed by atoms with van der Waals surface area (Å²) >= 11 is 0. The summed E-state index contributed by atoms with van der Waals surface area (Å²) in [5.41, 5.74) is -0.214. The Bertz CT molecular complexity index is 298. The number of ketones is 1. The summed E-state index contributed by atoms with van der Waals surface area (Å²) in [5.74, 6) is 0.600. The first-order valence-corrected chi connectivity index (χ1v) is 7.10. The highest BCUT2D eigenvalue weighted by Crippen LogP contribution is 2.26. The van der Waals surface area contributed by atoms with E-state index in [0.717, 1.165) is 12.8 Å². The lowest BCUT2D eigenvalue weighted by Crippen LogP contribution is -2.48. The summed E-state index contributed by atoms with van der Waals surface area (Å²) in [6.45, 7) is 7.51. The van der Waals surface area contributed by atoms with Gasteiger partial charge in [-0.1, -0.05) is 40.0 Å². The highest BCUT2D eigenvalue weighted by atomic mass is 16.2. The van der Waals surface area contributed by atoms with Gasteiger partial charge in [0.2, 0.25) is 5.91 Å². The first-order valence-electron chi connectivity index (χ1n) is 7.10. The minimum Gasteiger partial charge on any atom is -0.346 e. The number of rotatable bonds is 4.